The minimum Gasteiger partial charge on any atom is -0.387 e. The molecule has 0 aromatic heterocycles. The van der Waals surface area contributed by atoms with Gasteiger partial charge in [-0.1, -0.05) is 24.3 Å². The van der Waals surface area contributed by atoms with Crippen molar-refractivity contribution in [2.24, 2.45) is 0 Å². The van der Waals surface area contributed by atoms with Gasteiger partial charge in [-0.3, -0.25) is 4.90 Å². The number of fused-ring (bicyclic) bond motifs is 1. The van der Waals surface area contributed by atoms with Gasteiger partial charge in [-0.05, 0) is 31.0 Å². The predicted octanol–water partition coefficient (Wildman–Crippen LogP) is 0.916. The lowest BCUT2D eigenvalue weighted by atomic mass is 9.85. The number of hydrogen-bond donors (Lipinski definition) is 2. The molecule has 0 bridgehead atoms. The van der Waals surface area contributed by atoms with Crippen LogP contribution in [0.25, 0.3) is 0 Å². The van der Waals surface area contributed by atoms with Crippen LogP contribution in [0.4, 0.5) is 0 Å². The van der Waals surface area contributed by atoms with E-state index >= 15 is 0 Å². The summed E-state index contributed by atoms with van der Waals surface area (Å²) in [5, 5.41) is 19.2. The van der Waals surface area contributed by atoms with Crippen molar-refractivity contribution >= 4 is 0 Å². The van der Waals surface area contributed by atoms with Crippen LogP contribution < -0.4 is 0 Å². The third-order valence-electron chi connectivity index (χ3n) is 3.24. The lowest BCUT2D eigenvalue weighted by Crippen LogP contribution is -2.40. The molecule has 82 valence electrons. The molecule has 3 nitrogen and oxygen atoms in total. The molecule has 0 spiro atoms. The van der Waals surface area contributed by atoms with Crippen molar-refractivity contribution in [1.82, 2.24) is 4.90 Å². The van der Waals surface area contributed by atoms with E-state index in [0.29, 0.717) is 0 Å². The van der Waals surface area contributed by atoms with Crippen LogP contribution in [0.15, 0.2) is 24.3 Å². The van der Waals surface area contributed by atoms with Crippen LogP contribution >= 0.6 is 0 Å². The predicted molar refractivity (Wildman–Crippen MR) is 58.4 cm³/mol. The summed E-state index contributed by atoms with van der Waals surface area (Å²) in [5.74, 6) is 0. The van der Waals surface area contributed by atoms with Crippen LogP contribution in [0, 0.1) is 0 Å². The summed E-state index contributed by atoms with van der Waals surface area (Å²) in [4.78, 5) is 1.79. The SMILES string of the molecule is CN(CO)[C@H]1CCc2ccccc2[C@@H]1O. The van der Waals surface area contributed by atoms with Crippen LogP contribution in [0.3, 0.4) is 0 Å². The summed E-state index contributed by atoms with van der Waals surface area (Å²) in [6, 6.07) is 8.01. The largest absolute Gasteiger partial charge is 0.387 e. The molecule has 0 amide bonds. The van der Waals surface area contributed by atoms with E-state index in [1.165, 1.54) is 5.56 Å². The van der Waals surface area contributed by atoms with Crippen LogP contribution in [-0.4, -0.2) is 34.9 Å². The first-order chi connectivity index (χ1) is 7.24. The normalized spacial score (nSPS) is 25.3. The monoisotopic (exact) mass is 207 g/mol. The minimum absolute atomic E-state index is 0.0100. The van der Waals surface area contributed by atoms with E-state index < -0.39 is 6.10 Å². The maximum absolute atomic E-state index is 10.2. The van der Waals surface area contributed by atoms with Crippen molar-refractivity contribution in [2.75, 3.05) is 13.8 Å². The highest BCUT2D eigenvalue weighted by Gasteiger charge is 2.29. The zero-order chi connectivity index (χ0) is 10.8. The topological polar surface area (TPSA) is 43.7 Å². The molecule has 0 unspecified atom stereocenters. The van der Waals surface area contributed by atoms with E-state index in [-0.39, 0.29) is 12.8 Å². The Hall–Kier alpha value is -0.900. The molecule has 0 radical (unpaired) electrons. The molecule has 1 aromatic rings. The van der Waals surface area contributed by atoms with E-state index in [9.17, 15) is 5.11 Å². The van der Waals surface area contributed by atoms with Gasteiger partial charge in [0.2, 0.25) is 0 Å². The third kappa shape index (κ3) is 1.91. The molecule has 3 heteroatoms. The fourth-order valence-electron chi connectivity index (χ4n) is 2.29. The molecule has 1 aliphatic carbocycles. The first kappa shape index (κ1) is 10.6. The van der Waals surface area contributed by atoms with E-state index in [1.54, 1.807) is 4.90 Å². The lowest BCUT2D eigenvalue weighted by Gasteiger charge is -2.35. The van der Waals surface area contributed by atoms with Gasteiger partial charge < -0.3 is 10.2 Å². The molecule has 2 rings (SSSR count). The molecule has 0 fully saturated rings. The van der Waals surface area contributed by atoms with Gasteiger partial charge in [0, 0.05) is 6.04 Å². The lowest BCUT2D eigenvalue weighted by molar-refractivity contribution is 0.00575. The van der Waals surface area contributed by atoms with Crippen LogP contribution in [0.5, 0.6) is 0 Å². The number of benzene rings is 1. The molecule has 0 saturated heterocycles. The molecular weight excluding hydrogens is 190 g/mol. The van der Waals surface area contributed by atoms with Crippen molar-refractivity contribution in [1.29, 1.82) is 0 Å². The molecule has 15 heavy (non-hydrogen) atoms. The second kappa shape index (κ2) is 4.31. The average molecular weight is 207 g/mol. The number of rotatable bonds is 2. The molecule has 0 saturated carbocycles. The second-order valence-electron chi connectivity index (χ2n) is 4.15. The van der Waals surface area contributed by atoms with Gasteiger partial charge in [-0.25, -0.2) is 0 Å². The Balaban J connectivity index is 2.25. The Kier molecular flexibility index (Phi) is 3.05. The molecule has 1 aliphatic rings. The highest BCUT2D eigenvalue weighted by atomic mass is 16.3. The average Bonchev–Trinajstić information content (AvgIpc) is 2.29. The number of nitrogens with zero attached hydrogens (tertiary/aromatic N) is 1. The van der Waals surface area contributed by atoms with Gasteiger partial charge in [0.05, 0.1) is 12.8 Å². The third-order valence-corrected chi connectivity index (χ3v) is 3.24. The van der Waals surface area contributed by atoms with Crippen LogP contribution in [-0.2, 0) is 6.42 Å². The van der Waals surface area contributed by atoms with Crippen molar-refractivity contribution in [3.8, 4) is 0 Å². The van der Waals surface area contributed by atoms with Crippen LogP contribution in [0.2, 0.25) is 0 Å². The van der Waals surface area contributed by atoms with Gasteiger partial charge in [-0.2, -0.15) is 0 Å². The van der Waals surface area contributed by atoms with Crippen molar-refractivity contribution < 1.29 is 10.2 Å². The molecular formula is C12H17NO2. The summed E-state index contributed by atoms with van der Waals surface area (Å²) in [7, 11) is 1.84. The van der Waals surface area contributed by atoms with E-state index in [0.717, 1.165) is 18.4 Å². The first-order valence-corrected chi connectivity index (χ1v) is 5.31. The van der Waals surface area contributed by atoms with Gasteiger partial charge >= 0.3 is 0 Å². The van der Waals surface area contributed by atoms with Crippen molar-refractivity contribution in [3.05, 3.63) is 35.4 Å². The zero-order valence-corrected chi connectivity index (χ0v) is 8.93. The molecule has 1 aromatic carbocycles. The Bertz CT molecular complexity index is 340. The van der Waals surface area contributed by atoms with Crippen LogP contribution in [0.1, 0.15) is 23.7 Å². The number of aliphatic hydroxyl groups is 2. The summed E-state index contributed by atoms with van der Waals surface area (Å²) in [5.41, 5.74) is 2.24. The minimum atomic E-state index is -0.480. The van der Waals surface area contributed by atoms with E-state index in [1.807, 2.05) is 25.2 Å². The fraction of sp³-hybridized carbons (Fsp3) is 0.500. The number of likely N-dealkylation sites (N-methyl/N-ethyl adjacent to an activating group) is 1. The highest BCUT2D eigenvalue weighted by molar-refractivity contribution is 5.32. The Morgan fingerprint density at radius 3 is 2.87 bits per heavy atom. The first-order valence-electron chi connectivity index (χ1n) is 5.31. The smallest absolute Gasteiger partial charge is 0.0957 e. The summed E-state index contributed by atoms with van der Waals surface area (Å²) >= 11 is 0. The van der Waals surface area contributed by atoms with Crippen molar-refractivity contribution in [2.45, 2.75) is 25.0 Å². The molecule has 2 N–H and O–H groups in total. The van der Waals surface area contributed by atoms with Gasteiger partial charge in [0.1, 0.15) is 0 Å². The summed E-state index contributed by atoms with van der Waals surface area (Å²) < 4.78 is 0. The van der Waals surface area contributed by atoms with Gasteiger partial charge in [-0.15, -0.1) is 0 Å². The summed E-state index contributed by atoms with van der Waals surface area (Å²) in [6.07, 6.45) is 1.39. The fourth-order valence-corrected chi connectivity index (χ4v) is 2.29. The summed E-state index contributed by atoms with van der Waals surface area (Å²) in [6.45, 7) is -0.0100. The van der Waals surface area contributed by atoms with Gasteiger partial charge in [0.25, 0.3) is 0 Å². The van der Waals surface area contributed by atoms with E-state index in [4.69, 9.17) is 5.11 Å². The Morgan fingerprint density at radius 1 is 1.40 bits per heavy atom. The number of aryl methyl sites for hydroxylation is 1. The van der Waals surface area contributed by atoms with E-state index in [2.05, 4.69) is 6.07 Å². The second-order valence-corrected chi connectivity index (χ2v) is 4.15. The molecule has 2 atom stereocenters. The Labute approximate surface area is 90.0 Å². The highest BCUT2D eigenvalue weighted by Crippen LogP contribution is 2.31. The van der Waals surface area contributed by atoms with Crippen molar-refractivity contribution in [3.63, 3.8) is 0 Å². The van der Waals surface area contributed by atoms with Gasteiger partial charge in [0.15, 0.2) is 0 Å². The molecule has 0 aliphatic heterocycles. The maximum Gasteiger partial charge on any atom is 0.0957 e. The zero-order valence-electron chi connectivity index (χ0n) is 8.93. The number of hydrogen-bond acceptors (Lipinski definition) is 3. The standard InChI is InChI=1S/C12H17NO2/c1-13(8-14)11-7-6-9-4-2-3-5-10(9)12(11)15/h2-5,11-12,14-15H,6-8H2,1H3/t11-,12-/m0/s1. The Morgan fingerprint density at radius 2 is 2.13 bits per heavy atom. The molecule has 0 heterocycles. The maximum atomic E-state index is 10.2. The number of aliphatic hydroxyl groups excluding tert-OH is 2. The quantitative estimate of drug-likeness (QED) is 0.709.